The van der Waals surface area contributed by atoms with E-state index >= 15 is 0 Å². The van der Waals surface area contributed by atoms with E-state index in [-0.39, 0.29) is 11.8 Å². The Labute approximate surface area is 181 Å². The quantitative estimate of drug-likeness (QED) is 0.448. The standard InChI is InChI=1S/C26H25N3O2/c1-2-31-24-15-9-8-14-23(24)28-18-20(16-25(28)30)26-27-21-12-6-7-13-22(21)29(26)17-19-10-4-3-5-11-19/h3-15,20H,2,16-18H2,1H3. The lowest BCUT2D eigenvalue weighted by Crippen LogP contribution is -2.25. The number of hydrogen-bond donors (Lipinski definition) is 0. The van der Waals surface area contributed by atoms with Crippen molar-refractivity contribution in [1.29, 1.82) is 0 Å². The van der Waals surface area contributed by atoms with Gasteiger partial charge in [-0.15, -0.1) is 0 Å². The summed E-state index contributed by atoms with van der Waals surface area (Å²) in [6.07, 6.45) is 0.443. The van der Waals surface area contributed by atoms with Crippen LogP contribution in [0.25, 0.3) is 11.0 Å². The summed E-state index contributed by atoms with van der Waals surface area (Å²) in [5, 5.41) is 0. The largest absolute Gasteiger partial charge is 0.492 e. The third-order valence-electron chi connectivity index (χ3n) is 5.81. The van der Waals surface area contributed by atoms with E-state index in [9.17, 15) is 4.79 Å². The Bertz CT molecular complexity index is 1220. The summed E-state index contributed by atoms with van der Waals surface area (Å²) in [5.41, 5.74) is 4.12. The molecule has 5 rings (SSSR count). The Balaban J connectivity index is 1.52. The normalized spacial score (nSPS) is 16.2. The van der Waals surface area contributed by atoms with Crippen molar-refractivity contribution >= 4 is 22.6 Å². The van der Waals surface area contributed by atoms with E-state index in [2.05, 4.69) is 34.9 Å². The summed E-state index contributed by atoms with van der Waals surface area (Å²) in [4.78, 5) is 19.8. The summed E-state index contributed by atoms with van der Waals surface area (Å²) in [7, 11) is 0. The molecule has 0 radical (unpaired) electrons. The molecule has 1 saturated heterocycles. The fourth-order valence-electron chi connectivity index (χ4n) is 4.41. The van der Waals surface area contributed by atoms with Crippen LogP contribution >= 0.6 is 0 Å². The van der Waals surface area contributed by atoms with Gasteiger partial charge in [-0.2, -0.15) is 0 Å². The van der Waals surface area contributed by atoms with Gasteiger partial charge in [-0.25, -0.2) is 4.98 Å². The van der Waals surface area contributed by atoms with Crippen molar-refractivity contribution in [3.63, 3.8) is 0 Å². The highest BCUT2D eigenvalue weighted by Gasteiger charge is 2.36. The molecule has 0 spiro atoms. The molecule has 1 aliphatic rings. The molecule has 4 aromatic rings. The lowest BCUT2D eigenvalue weighted by atomic mass is 10.1. The highest BCUT2D eigenvalue weighted by Crippen LogP contribution is 2.37. The molecule has 5 heteroatoms. The van der Waals surface area contributed by atoms with Crippen LogP contribution in [0.3, 0.4) is 0 Å². The average molecular weight is 412 g/mol. The van der Waals surface area contributed by atoms with Crippen molar-refractivity contribution in [2.24, 2.45) is 0 Å². The Morgan fingerprint density at radius 3 is 2.55 bits per heavy atom. The molecule has 2 heterocycles. The van der Waals surface area contributed by atoms with Crippen molar-refractivity contribution in [1.82, 2.24) is 9.55 Å². The van der Waals surface area contributed by atoms with Crippen LogP contribution in [0.15, 0.2) is 78.9 Å². The molecule has 31 heavy (non-hydrogen) atoms. The molecule has 0 saturated carbocycles. The lowest BCUT2D eigenvalue weighted by Gasteiger charge is -2.20. The Morgan fingerprint density at radius 1 is 0.968 bits per heavy atom. The number of rotatable bonds is 6. The fraction of sp³-hybridized carbons (Fsp3) is 0.231. The number of nitrogens with zero attached hydrogens (tertiary/aromatic N) is 3. The predicted octanol–water partition coefficient (Wildman–Crippen LogP) is 5.00. The molecule has 3 aromatic carbocycles. The lowest BCUT2D eigenvalue weighted by molar-refractivity contribution is -0.117. The smallest absolute Gasteiger partial charge is 0.227 e. The second-order valence-corrected chi connectivity index (χ2v) is 7.84. The summed E-state index contributed by atoms with van der Waals surface area (Å²) in [6.45, 7) is 3.85. The Morgan fingerprint density at radius 2 is 1.71 bits per heavy atom. The summed E-state index contributed by atoms with van der Waals surface area (Å²) >= 11 is 0. The first-order chi connectivity index (χ1) is 15.2. The van der Waals surface area contributed by atoms with Crippen LogP contribution in [-0.4, -0.2) is 28.6 Å². The number of para-hydroxylation sites is 4. The van der Waals surface area contributed by atoms with Gasteiger partial charge in [0.05, 0.1) is 23.3 Å². The van der Waals surface area contributed by atoms with Crippen molar-refractivity contribution < 1.29 is 9.53 Å². The molecule has 1 atom stereocenters. The monoisotopic (exact) mass is 411 g/mol. The molecular weight excluding hydrogens is 386 g/mol. The van der Waals surface area contributed by atoms with Crippen molar-refractivity contribution in [3.8, 4) is 5.75 Å². The van der Waals surface area contributed by atoms with Crippen molar-refractivity contribution in [2.45, 2.75) is 25.8 Å². The number of carbonyl (C=O) groups is 1. The van der Waals surface area contributed by atoms with Crippen molar-refractivity contribution in [2.75, 3.05) is 18.1 Å². The maximum absolute atomic E-state index is 13.0. The maximum atomic E-state index is 13.0. The zero-order chi connectivity index (χ0) is 21.2. The van der Waals surface area contributed by atoms with Gasteiger partial charge >= 0.3 is 0 Å². The van der Waals surface area contributed by atoms with Gasteiger partial charge in [0.25, 0.3) is 0 Å². The van der Waals surface area contributed by atoms with E-state index in [1.165, 1.54) is 5.56 Å². The van der Waals surface area contributed by atoms with Crippen molar-refractivity contribution in [3.05, 3.63) is 90.3 Å². The second kappa shape index (κ2) is 8.26. The summed E-state index contributed by atoms with van der Waals surface area (Å²) in [5.74, 6) is 1.85. The van der Waals surface area contributed by atoms with Crippen LogP contribution in [0.5, 0.6) is 5.75 Å². The first-order valence-electron chi connectivity index (χ1n) is 10.8. The highest BCUT2D eigenvalue weighted by atomic mass is 16.5. The van der Waals surface area contributed by atoms with Crippen LogP contribution < -0.4 is 9.64 Å². The van der Waals surface area contributed by atoms with E-state index in [0.29, 0.717) is 19.6 Å². The number of imidazole rings is 1. The molecule has 0 N–H and O–H groups in total. The van der Waals surface area contributed by atoms with Gasteiger partial charge in [-0.05, 0) is 36.8 Å². The Kier molecular flexibility index (Phi) is 5.16. The van der Waals surface area contributed by atoms with Gasteiger partial charge in [-0.1, -0.05) is 54.6 Å². The molecule has 1 aliphatic heterocycles. The second-order valence-electron chi connectivity index (χ2n) is 7.84. The fourth-order valence-corrected chi connectivity index (χ4v) is 4.41. The van der Waals surface area contributed by atoms with Crippen LogP contribution in [0.2, 0.25) is 0 Å². The van der Waals surface area contributed by atoms with Gasteiger partial charge in [0.2, 0.25) is 5.91 Å². The Hall–Kier alpha value is -3.60. The van der Waals surface area contributed by atoms with Gasteiger partial charge in [0.15, 0.2) is 0 Å². The number of fused-ring (bicyclic) bond motifs is 1. The van der Waals surface area contributed by atoms with E-state index in [4.69, 9.17) is 9.72 Å². The first kappa shape index (κ1) is 19.4. The van der Waals surface area contributed by atoms with Gasteiger partial charge in [0, 0.05) is 25.4 Å². The number of carbonyl (C=O) groups excluding carboxylic acids is 1. The average Bonchev–Trinajstić information content (AvgIpc) is 3.36. The van der Waals surface area contributed by atoms with Gasteiger partial charge in [0.1, 0.15) is 11.6 Å². The third kappa shape index (κ3) is 3.67. The first-order valence-corrected chi connectivity index (χ1v) is 10.8. The minimum atomic E-state index is 0.0262. The molecule has 1 aromatic heterocycles. The molecule has 1 amide bonds. The minimum absolute atomic E-state index is 0.0262. The molecule has 1 unspecified atom stereocenters. The number of anilines is 1. The third-order valence-corrected chi connectivity index (χ3v) is 5.81. The number of aromatic nitrogens is 2. The molecule has 156 valence electrons. The number of ether oxygens (including phenoxy) is 1. The maximum Gasteiger partial charge on any atom is 0.227 e. The van der Waals surface area contributed by atoms with Crippen LogP contribution in [-0.2, 0) is 11.3 Å². The molecule has 0 bridgehead atoms. The van der Waals surface area contributed by atoms with Crippen LogP contribution in [0.1, 0.15) is 30.7 Å². The van der Waals surface area contributed by atoms with E-state index in [0.717, 1.165) is 34.8 Å². The molecule has 1 fully saturated rings. The predicted molar refractivity (Wildman–Crippen MR) is 123 cm³/mol. The highest BCUT2D eigenvalue weighted by molar-refractivity contribution is 5.97. The number of amides is 1. The molecular formula is C26H25N3O2. The summed E-state index contributed by atoms with van der Waals surface area (Å²) in [6, 6.07) is 26.4. The number of benzene rings is 3. The topological polar surface area (TPSA) is 47.4 Å². The van der Waals surface area contributed by atoms with Gasteiger partial charge < -0.3 is 14.2 Å². The molecule has 0 aliphatic carbocycles. The zero-order valence-corrected chi connectivity index (χ0v) is 17.6. The van der Waals surface area contributed by atoms with E-state index in [1.54, 1.807) is 0 Å². The number of hydrogen-bond acceptors (Lipinski definition) is 3. The molecule has 5 nitrogen and oxygen atoms in total. The SMILES string of the molecule is CCOc1ccccc1N1CC(c2nc3ccccc3n2Cc2ccccc2)CC1=O. The van der Waals surface area contributed by atoms with Crippen LogP contribution in [0.4, 0.5) is 5.69 Å². The minimum Gasteiger partial charge on any atom is -0.492 e. The summed E-state index contributed by atoms with van der Waals surface area (Å²) < 4.78 is 8.04. The van der Waals surface area contributed by atoms with E-state index in [1.807, 2.05) is 60.4 Å². The van der Waals surface area contributed by atoms with Crippen LogP contribution in [0, 0.1) is 0 Å². The van der Waals surface area contributed by atoms with E-state index < -0.39 is 0 Å². The van der Waals surface area contributed by atoms with Gasteiger partial charge in [-0.3, -0.25) is 4.79 Å². The zero-order valence-electron chi connectivity index (χ0n) is 17.6.